The van der Waals surface area contributed by atoms with Crippen LogP contribution in [0.1, 0.15) is 0 Å². The molecule has 9 nitrogen and oxygen atoms in total. The highest BCUT2D eigenvalue weighted by atomic mass is 16.5. The number of aromatic nitrogens is 5. The first-order valence-corrected chi connectivity index (χ1v) is 6.64. The summed E-state index contributed by atoms with van der Waals surface area (Å²) in [5.41, 5.74) is 0.604. The lowest BCUT2D eigenvalue weighted by molar-refractivity contribution is 0.262. The van der Waals surface area contributed by atoms with Gasteiger partial charge in [0.25, 0.3) is 0 Å². The van der Waals surface area contributed by atoms with Gasteiger partial charge in [0.1, 0.15) is 30.5 Å². The summed E-state index contributed by atoms with van der Waals surface area (Å²) in [6.45, 7) is 0. The van der Waals surface area contributed by atoms with Crippen LogP contribution in [-0.2, 0) is 0 Å². The van der Waals surface area contributed by atoms with Gasteiger partial charge >= 0.3 is 6.03 Å². The Labute approximate surface area is 131 Å². The predicted octanol–water partition coefficient (Wildman–Crippen LogP) is 1.71. The number of rotatable bonds is 4. The molecule has 0 saturated carbocycles. The second-order valence-electron chi connectivity index (χ2n) is 4.41. The summed E-state index contributed by atoms with van der Waals surface area (Å²) in [5, 5.41) is 9.29. The number of ether oxygens (including phenoxy) is 1. The van der Waals surface area contributed by atoms with Crippen molar-refractivity contribution in [2.45, 2.75) is 0 Å². The monoisotopic (exact) mass is 311 g/mol. The summed E-state index contributed by atoms with van der Waals surface area (Å²) in [5.74, 6) is 1.48. The molecule has 0 saturated heterocycles. The largest absolute Gasteiger partial charge is 0.497 e. The molecule has 2 N–H and O–H groups in total. The van der Waals surface area contributed by atoms with Crippen LogP contribution in [0.15, 0.2) is 49.3 Å². The molecule has 0 radical (unpaired) electrons. The quantitative estimate of drug-likeness (QED) is 0.759. The fourth-order valence-electron chi connectivity index (χ4n) is 1.85. The van der Waals surface area contributed by atoms with Gasteiger partial charge in [-0.2, -0.15) is 5.10 Å². The van der Waals surface area contributed by atoms with Crippen molar-refractivity contribution in [1.82, 2.24) is 24.7 Å². The summed E-state index contributed by atoms with van der Waals surface area (Å²) in [6.07, 6.45) is 4.23. The molecule has 1 aromatic carbocycles. The number of carbonyl (C=O) groups excluding carboxylic acids is 1. The maximum Gasteiger partial charge on any atom is 0.324 e. The minimum Gasteiger partial charge on any atom is -0.497 e. The van der Waals surface area contributed by atoms with Crippen LogP contribution < -0.4 is 15.4 Å². The molecule has 0 fully saturated rings. The van der Waals surface area contributed by atoms with E-state index in [9.17, 15) is 4.79 Å². The van der Waals surface area contributed by atoms with Crippen molar-refractivity contribution in [3.8, 4) is 11.6 Å². The molecule has 2 aromatic heterocycles. The molecule has 2 heterocycles. The van der Waals surface area contributed by atoms with Gasteiger partial charge < -0.3 is 10.1 Å². The molecule has 0 unspecified atom stereocenters. The van der Waals surface area contributed by atoms with E-state index >= 15 is 0 Å². The van der Waals surface area contributed by atoms with Crippen molar-refractivity contribution >= 4 is 17.5 Å². The van der Waals surface area contributed by atoms with E-state index in [0.29, 0.717) is 23.1 Å². The van der Waals surface area contributed by atoms with E-state index in [1.165, 1.54) is 23.7 Å². The third kappa shape index (κ3) is 3.59. The van der Waals surface area contributed by atoms with E-state index in [1.807, 2.05) is 0 Å². The number of hydrogen-bond donors (Lipinski definition) is 2. The number of nitrogens with zero attached hydrogens (tertiary/aromatic N) is 5. The lowest BCUT2D eigenvalue weighted by atomic mass is 10.3. The maximum absolute atomic E-state index is 12.0. The van der Waals surface area contributed by atoms with Gasteiger partial charge in [-0.1, -0.05) is 6.07 Å². The van der Waals surface area contributed by atoms with Crippen LogP contribution in [0.5, 0.6) is 5.75 Å². The summed E-state index contributed by atoms with van der Waals surface area (Å²) in [7, 11) is 1.56. The zero-order valence-corrected chi connectivity index (χ0v) is 12.2. The minimum atomic E-state index is -0.429. The lowest BCUT2D eigenvalue weighted by Crippen LogP contribution is -2.20. The number of urea groups is 1. The Balaban J connectivity index is 1.69. The fraction of sp³-hybridized carbons (Fsp3) is 0.0714. The Morgan fingerprint density at radius 1 is 1.17 bits per heavy atom. The molecule has 9 heteroatoms. The van der Waals surface area contributed by atoms with Gasteiger partial charge in [0, 0.05) is 17.8 Å². The molecule has 3 aromatic rings. The second kappa shape index (κ2) is 6.52. The Hall–Kier alpha value is -3.49. The molecule has 116 valence electrons. The highest BCUT2D eigenvalue weighted by molar-refractivity contribution is 5.99. The Morgan fingerprint density at radius 2 is 2.09 bits per heavy atom. The van der Waals surface area contributed by atoms with E-state index in [1.54, 1.807) is 37.4 Å². The van der Waals surface area contributed by atoms with Crippen molar-refractivity contribution in [1.29, 1.82) is 0 Å². The molecule has 0 aliphatic heterocycles. The second-order valence-corrected chi connectivity index (χ2v) is 4.41. The zero-order chi connectivity index (χ0) is 16.1. The third-order valence-corrected chi connectivity index (χ3v) is 2.88. The molecular weight excluding hydrogens is 298 g/mol. The number of methoxy groups -OCH3 is 1. The average molecular weight is 311 g/mol. The van der Waals surface area contributed by atoms with E-state index in [4.69, 9.17) is 4.74 Å². The maximum atomic E-state index is 12.0. The SMILES string of the molecule is COc1cccc(NC(=O)Nc2cc(-n3cncn3)ncn2)c1. The number of nitrogens with one attached hydrogen (secondary N) is 2. The lowest BCUT2D eigenvalue weighted by Gasteiger charge is -2.08. The summed E-state index contributed by atoms with van der Waals surface area (Å²) in [6, 6.07) is 8.18. The number of amides is 2. The highest BCUT2D eigenvalue weighted by Crippen LogP contribution is 2.17. The van der Waals surface area contributed by atoms with Crippen LogP contribution in [0.25, 0.3) is 5.82 Å². The van der Waals surface area contributed by atoms with E-state index in [2.05, 4.69) is 30.7 Å². The van der Waals surface area contributed by atoms with Crippen molar-refractivity contribution in [2.75, 3.05) is 17.7 Å². The molecular formula is C14H13N7O2. The first kappa shape index (κ1) is 14.4. The molecule has 23 heavy (non-hydrogen) atoms. The van der Waals surface area contributed by atoms with Crippen LogP contribution in [0.2, 0.25) is 0 Å². The summed E-state index contributed by atoms with van der Waals surface area (Å²) in [4.78, 5) is 23.9. The van der Waals surface area contributed by atoms with Crippen molar-refractivity contribution in [2.24, 2.45) is 0 Å². The average Bonchev–Trinajstić information content (AvgIpc) is 3.09. The normalized spacial score (nSPS) is 10.1. The van der Waals surface area contributed by atoms with Gasteiger partial charge in [0.05, 0.1) is 7.11 Å². The highest BCUT2D eigenvalue weighted by Gasteiger charge is 2.07. The van der Waals surface area contributed by atoms with E-state index < -0.39 is 6.03 Å². The van der Waals surface area contributed by atoms with Gasteiger partial charge in [-0.25, -0.2) is 24.4 Å². The molecule has 0 atom stereocenters. The third-order valence-electron chi connectivity index (χ3n) is 2.88. The topological polar surface area (TPSA) is 107 Å². The van der Waals surface area contributed by atoms with Gasteiger partial charge in [-0.3, -0.25) is 5.32 Å². The first-order valence-electron chi connectivity index (χ1n) is 6.64. The van der Waals surface area contributed by atoms with Crippen LogP contribution in [-0.4, -0.2) is 37.9 Å². The number of benzene rings is 1. The summed E-state index contributed by atoms with van der Waals surface area (Å²) >= 11 is 0. The molecule has 3 rings (SSSR count). The van der Waals surface area contributed by atoms with E-state index in [0.717, 1.165) is 0 Å². The standard InChI is InChI=1S/C14H13N7O2/c1-23-11-4-2-3-10(5-11)19-14(22)20-12-6-13(17-8-16-12)21-9-15-7-18-21/h2-9H,1H3,(H2,16,17,19,20,22). The molecule has 0 spiro atoms. The van der Waals surface area contributed by atoms with Crippen LogP contribution in [0.4, 0.5) is 16.3 Å². The van der Waals surface area contributed by atoms with Crippen molar-refractivity contribution in [3.63, 3.8) is 0 Å². The molecule has 2 amide bonds. The van der Waals surface area contributed by atoms with Gasteiger partial charge in [0.15, 0.2) is 5.82 Å². The van der Waals surface area contributed by atoms with Crippen molar-refractivity contribution < 1.29 is 9.53 Å². The Morgan fingerprint density at radius 3 is 2.87 bits per heavy atom. The predicted molar refractivity (Wildman–Crippen MR) is 82.6 cm³/mol. The van der Waals surface area contributed by atoms with Gasteiger partial charge in [-0.15, -0.1) is 0 Å². The summed E-state index contributed by atoms with van der Waals surface area (Å²) < 4.78 is 6.57. The fourth-order valence-corrected chi connectivity index (χ4v) is 1.85. The number of anilines is 2. The number of carbonyl (C=O) groups is 1. The van der Waals surface area contributed by atoms with Crippen LogP contribution in [0.3, 0.4) is 0 Å². The van der Waals surface area contributed by atoms with Crippen LogP contribution in [0, 0.1) is 0 Å². The smallest absolute Gasteiger partial charge is 0.324 e. The number of hydrogen-bond acceptors (Lipinski definition) is 6. The molecule has 0 aliphatic rings. The first-order chi connectivity index (χ1) is 11.2. The Bertz CT molecular complexity index is 804. The molecule has 0 bridgehead atoms. The van der Waals surface area contributed by atoms with Gasteiger partial charge in [0.2, 0.25) is 0 Å². The van der Waals surface area contributed by atoms with E-state index in [-0.39, 0.29) is 0 Å². The zero-order valence-electron chi connectivity index (χ0n) is 12.2. The van der Waals surface area contributed by atoms with Crippen molar-refractivity contribution in [3.05, 3.63) is 49.3 Å². The minimum absolute atomic E-state index is 0.339. The molecule has 0 aliphatic carbocycles. The van der Waals surface area contributed by atoms with Crippen LogP contribution >= 0.6 is 0 Å². The van der Waals surface area contributed by atoms with Gasteiger partial charge in [-0.05, 0) is 12.1 Å². The Kier molecular flexibility index (Phi) is 4.09.